The van der Waals surface area contributed by atoms with Crippen LogP contribution in [0.25, 0.3) is 0 Å². The Morgan fingerprint density at radius 3 is 0.926 bits per heavy atom. The largest absolute Gasteiger partial charge is 0.462 e. The minimum absolute atomic E-state index is 0.0690. The van der Waals surface area contributed by atoms with Crippen LogP contribution < -0.4 is 0 Å². The summed E-state index contributed by atoms with van der Waals surface area (Å²) in [7, 11) is 0. The first-order valence-corrected chi connectivity index (χ1v) is 23.7. The van der Waals surface area contributed by atoms with Gasteiger partial charge in [-0.2, -0.15) is 0 Å². The van der Waals surface area contributed by atoms with Crippen LogP contribution in [-0.2, 0) is 28.6 Å². The van der Waals surface area contributed by atoms with Crippen molar-refractivity contribution in [1.29, 1.82) is 0 Å². The fourth-order valence-electron chi connectivity index (χ4n) is 6.91. The van der Waals surface area contributed by atoms with E-state index in [2.05, 4.69) is 32.9 Å². The van der Waals surface area contributed by atoms with E-state index in [1.807, 2.05) is 0 Å². The molecule has 0 spiro atoms. The normalized spacial score (nSPS) is 12.0. The van der Waals surface area contributed by atoms with E-state index in [1.165, 1.54) is 154 Å². The SMILES string of the molecule is CCCCCCCCC/C=C\CCCCCCCCCC(=O)OCC(COC(=O)CCCCCCC)OC(=O)CCCCCCCCCCCCCCC. The summed E-state index contributed by atoms with van der Waals surface area (Å²) in [5, 5.41) is 0. The second-order valence-corrected chi connectivity index (χ2v) is 16.0. The second-order valence-electron chi connectivity index (χ2n) is 16.0. The predicted octanol–water partition coefficient (Wildman–Crippen LogP) is 15.0. The Morgan fingerprint density at radius 2 is 0.611 bits per heavy atom. The second kappa shape index (κ2) is 43.9. The third kappa shape index (κ3) is 41.3. The van der Waals surface area contributed by atoms with E-state index in [-0.39, 0.29) is 31.1 Å². The summed E-state index contributed by atoms with van der Waals surface area (Å²) < 4.78 is 16.6. The molecule has 1 atom stereocenters. The summed E-state index contributed by atoms with van der Waals surface area (Å²) in [5.41, 5.74) is 0. The topological polar surface area (TPSA) is 78.9 Å². The quantitative estimate of drug-likeness (QED) is 0.0266. The Balaban J connectivity index is 4.15. The van der Waals surface area contributed by atoms with Gasteiger partial charge in [0, 0.05) is 19.3 Å². The van der Waals surface area contributed by atoms with E-state index in [1.54, 1.807) is 0 Å². The van der Waals surface area contributed by atoms with Crippen molar-refractivity contribution >= 4 is 17.9 Å². The van der Waals surface area contributed by atoms with Gasteiger partial charge in [0.2, 0.25) is 0 Å². The van der Waals surface area contributed by atoms with E-state index in [0.29, 0.717) is 19.3 Å². The molecule has 54 heavy (non-hydrogen) atoms. The van der Waals surface area contributed by atoms with Gasteiger partial charge in [0.15, 0.2) is 6.10 Å². The molecule has 0 rings (SSSR count). The number of rotatable bonds is 43. The number of esters is 3. The lowest BCUT2D eigenvalue weighted by molar-refractivity contribution is -0.167. The van der Waals surface area contributed by atoms with Crippen LogP contribution in [-0.4, -0.2) is 37.2 Å². The van der Waals surface area contributed by atoms with Crippen molar-refractivity contribution in [2.75, 3.05) is 13.2 Å². The van der Waals surface area contributed by atoms with E-state index < -0.39 is 6.10 Å². The first-order chi connectivity index (χ1) is 26.5. The van der Waals surface area contributed by atoms with Crippen LogP contribution in [0.3, 0.4) is 0 Å². The average Bonchev–Trinajstić information content (AvgIpc) is 3.17. The van der Waals surface area contributed by atoms with Gasteiger partial charge in [-0.3, -0.25) is 14.4 Å². The number of carbonyl (C=O) groups excluding carboxylic acids is 3. The van der Waals surface area contributed by atoms with Crippen molar-refractivity contribution in [1.82, 2.24) is 0 Å². The first-order valence-electron chi connectivity index (χ1n) is 23.7. The summed E-state index contributed by atoms with van der Waals surface area (Å²) in [6.45, 7) is 6.56. The Bertz CT molecular complexity index is 839. The third-order valence-corrected chi connectivity index (χ3v) is 10.5. The molecule has 0 N–H and O–H groups in total. The number of allylic oxidation sites excluding steroid dienone is 2. The van der Waals surface area contributed by atoms with Crippen LogP contribution in [0.1, 0.15) is 258 Å². The molecule has 0 aliphatic heterocycles. The van der Waals surface area contributed by atoms with E-state index >= 15 is 0 Å². The summed E-state index contributed by atoms with van der Waals surface area (Å²) >= 11 is 0. The van der Waals surface area contributed by atoms with Crippen molar-refractivity contribution in [2.24, 2.45) is 0 Å². The van der Waals surface area contributed by atoms with Crippen LogP contribution in [0.4, 0.5) is 0 Å². The highest BCUT2D eigenvalue weighted by atomic mass is 16.6. The number of hydrogen-bond donors (Lipinski definition) is 0. The van der Waals surface area contributed by atoms with Crippen molar-refractivity contribution < 1.29 is 28.6 Å². The summed E-state index contributed by atoms with van der Waals surface area (Å²) in [4.78, 5) is 37.5. The Hall–Kier alpha value is -1.85. The molecule has 0 bridgehead atoms. The molecular weight excluding hydrogens is 673 g/mol. The molecule has 0 fully saturated rings. The summed E-state index contributed by atoms with van der Waals surface area (Å²) in [6.07, 6.45) is 46.5. The molecule has 1 unspecified atom stereocenters. The third-order valence-electron chi connectivity index (χ3n) is 10.5. The molecule has 0 saturated carbocycles. The van der Waals surface area contributed by atoms with Crippen molar-refractivity contribution in [3.05, 3.63) is 12.2 Å². The first kappa shape index (κ1) is 52.2. The lowest BCUT2D eigenvalue weighted by atomic mass is 10.0. The van der Waals surface area contributed by atoms with Crippen molar-refractivity contribution in [3.8, 4) is 0 Å². The van der Waals surface area contributed by atoms with E-state index in [0.717, 1.165) is 64.2 Å². The minimum atomic E-state index is -0.761. The minimum Gasteiger partial charge on any atom is -0.462 e. The number of carbonyl (C=O) groups is 3. The zero-order valence-corrected chi connectivity index (χ0v) is 36.3. The molecule has 0 heterocycles. The standard InChI is InChI=1S/C48H90O6/c1-4-7-10-13-15-17-19-21-22-23-24-25-27-28-30-32-35-38-41-47(50)53-44-45(43-52-46(49)40-37-34-12-9-6-3)54-48(51)42-39-36-33-31-29-26-20-18-16-14-11-8-5-2/h22-23,45H,4-21,24-44H2,1-3H3/b23-22-. The van der Waals surface area contributed by atoms with Gasteiger partial charge in [0.05, 0.1) is 0 Å². The molecule has 0 aromatic heterocycles. The molecule has 0 aromatic carbocycles. The van der Waals surface area contributed by atoms with Crippen LogP contribution >= 0.6 is 0 Å². The van der Waals surface area contributed by atoms with Gasteiger partial charge in [-0.25, -0.2) is 0 Å². The fraction of sp³-hybridized carbons (Fsp3) is 0.896. The van der Waals surface area contributed by atoms with Crippen LogP contribution in [0.5, 0.6) is 0 Å². The summed E-state index contributed by atoms with van der Waals surface area (Å²) in [6, 6.07) is 0. The zero-order valence-electron chi connectivity index (χ0n) is 36.3. The van der Waals surface area contributed by atoms with Gasteiger partial charge in [-0.05, 0) is 44.9 Å². The van der Waals surface area contributed by atoms with Crippen molar-refractivity contribution in [3.63, 3.8) is 0 Å². The monoisotopic (exact) mass is 763 g/mol. The predicted molar refractivity (Wildman–Crippen MR) is 229 cm³/mol. The zero-order chi connectivity index (χ0) is 39.4. The average molecular weight is 763 g/mol. The van der Waals surface area contributed by atoms with Gasteiger partial charge < -0.3 is 14.2 Å². The molecule has 318 valence electrons. The number of hydrogen-bond acceptors (Lipinski definition) is 6. The molecule has 6 nitrogen and oxygen atoms in total. The van der Waals surface area contributed by atoms with Crippen LogP contribution in [0, 0.1) is 0 Å². The molecule has 0 saturated heterocycles. The molecular formula is C48H90O6. The molecule has 6 heteroatoms. The number of ether oxygens (including phenoxy) is 3. The smallest absolute Gasteiger partial charge is 0.306 e. The van der Waals surface area contributed by atoms with Gasteiger partial charge in [-0.1, -0.05) is 206 Å². The lowest BCUT2D eigenvalue weighted by Crippen LogP contribution is -2.30. The molecule has 0 radical (unpaired) electrons. The molecule has 0 aliphatic carbocycles. The van der Waals surface area contributed by atoms with Gasteiger partial charge in [0.1, 0.15) is 13.2 Å². The van der Waals surface area contributed by atoms with Crippen molar-refractivity contribution in [2.45, 2.75) is 264 Å². The highest BCUT2D eigenvalue weighted by Crippen LogP contribution is 2.15. The summed E-state index contributed by atoms with van der Waals surface area (Å²) in [5.74, 6) is -0.877. The molecule has 0 aromatic rings. The maximum Gasteiger partial charge on any atom is 0.306 e. The van der Waals surface area contributed by atoms with Crippen LogP contribution in [0.2, 0.25) is 0 Å². The van der Waals surface area contributed by atoms with Gasteiger partial charge in [0.25, 0.3) is 0 Å². The lowest BCUT2D eigenvalue weighted by Gasteiger charge is -2.18. The Morgan fingerprint density at radius 1 is 0.352 bits per heavy atom. The highest BCUT2D eigenvalue weighted by molar-refractivity contribution is 5.71. The van der Waals surface area contributed by atoms with Gasteiger partial charge >= 0.3 is 17.9 Å². The van der Waals surface area contributed by atoms with Crippen LogP contribution in [0.15, 0.2) is 12.2 Å². The molecule has 0 aliphatic rings. The number of unbranched alkanes of at least 4 members (excludes halogenated alkanes) is 30. The molecule has 0 amide bonds. The Labute approximate surface area is 335 Å². The Kier molecular flexibility index (Phi) is 42.4. The van der Waals surface area contributed by atoms with Gasteiger partial charge in [-0.15, -0.1) is 0 Å². The maximum atomic E-state index is 12.7. The maximum absolute atomic E-state index is 12.7. The van der Waals surface area contributed by atoms with E-state index in [4.69, 9.17) is 14.2 Å². The fourth-order valence-corrected chi connectivity index (χ4v) is 6.91. The van der Waals surface area contributed by atoms with E-state index in [9.17, 15) is 14.4 Å². The highest BCUT2D eigenvalue weighted by Gasteiger charge is 2.19.